The number of hydrogen-bond donors (Lipinski definition) is 1. The van der Waals surface area contributed by atoms with Gasteiger partial charge in [-0.15, -0.1) is 0 Å². The standard InChI is InChI=1S/C22H27N3O4/c1-16(22(26)23-20-15-19(25(27)28)8-9-21(20)29-2)24-12-10-18(11-13-24)14-17-6-4-3-5-7-17/h3-9,15-16,18H,10-14H2,1-2H3,(H,23,26)/t16-/m0/s1. The van der Waals surface area contributed by atoms with Crippen LogP contribution in [-0.2, 0) is 11.2 Å². The van der Waals surface area contributed by atoms with Gasteiger partial charge in [-0.1, -0.05) is 30.3 Å². The number of benzene rings is 2. The summed E-state index contributed by atoms with van der Waals surface area (Å²) in [4.78, 5) is 25.5. The second kappa shape index (κ2) is 9.52. The zero-order chi connectivity index (χ0) is 20.8. The van der Waals surface area contributed by atoms with E-state index < -0.39 is 4.92 Å². The van der Waals surface area contributed by atoms with Crippen LogP contribution in [0.25, 0.3) is 0 Å². The number of amides is 1. The molecule has 1 aliphatic rings. The Morgan fingerprint density at radius 2 is 1.93 bits per heavy atom. The van der Waals surface area contributed by atoms with E-state index in [1.807, 2.05) is 13.0 Å². The van der Waals surface area contributed by atoms with Crippen molar-refractivity contribution in [2.75, 3.05) is 25.5 Å². The topological polar surface area (TPSA) is 84.7 Å². The first-order chi connectivity index (χ1) is 14.0. The summed E-state index contributed by atoms with van der Waals surface area (Å²) in [6.45, 7) is 3.59. The fourth-order valence-corrected chi connectivity index (χ4v) is 3.80. The van der Waals surface area contributed by atoms with Gasteiger partial charge in [0.2, 0.25) is 5.91 Å². The van der Waals surface area contributed by atoms with Crippen molar-refractivity contribution in [2.24, 2.45) is 5.92 Å². The van der Waals surface area contributed by atoms with E-state index in [1.54, 1.807) is 0 Å². The minimum atomic E-state index is -0.490. The number of nitrogens with one attached hydrogen (secondary N) is 1. The number of nitro groups is 1. The molecule has 0 radical (unpaired) electrons. The Labute approximate surface area is 170 Å². The molecule has 1 aliphatic heterocycles. The number of likely N-dealkylation sites (tertiary alicyclic amines) is 1. The maximum Gasteiger partial charge on any atom is 0.271 e. The van der Waals surface area contributed by atoms with Crippen LogP contribution in [0.5, 0.6) is 5.75 Å². The maximum absolute atomic E-state index is 12.8. The van der Waals surface area contributed by atoms with E-state index in [0.717, 1.165) is 32.4 Å². The molecule has 1 atom stereocenters. The molecule has 1 heterocycles. The molecular formula is C22H27N3O4. The highest BCUT2D eigenvalue weighted by atomic mass is 16.6. The van der Waals surface area contributed by atoms with Crippen molar-refractivity contribution in [1.82, 2.24) is 4.90 Å². The Morgan fingerprint density at radius 3 is 2.55 bits per heavy atom. The minimum Gasteiger partial charge on any atom is -0.495 e. The molecule has 0 bridgehead atoms. The van der Waals surface area contributed by atoms with E-state index in [4.69, 9.17) is 4.74 Å². The maximum atomic E-state index is 12.8. The number of ether oxygens (including phenoxy) is 1. The molecule has 0 aliphatic carbocycles. The Morgan fingerprint density at radius 1 is 1.24 bits per heavy atom. The van der Waals surface area contributed by atoms with E-state index in [2.05, 4.69) is 34.5 Å². The van der Waals surface area contributed by atoms with Gasteiger partial charge in [-0.2, -0.15) is 0 Å². The molecule has 29 heavy (non-hydrogen) atoms. The summed E-state index contributed by atoms with van der Waals surface area (Å²) in [7, 11) is 1.47. The van der Waals surface area contributed by atoms with Gasteiger partial charge in [0, 0.05) is 12.1 Å². The second-order valence-corrected chi connectivity index (χ2v) is 7.48. The van der Waals surface area contributed by atoms with Gasteiger partial charge in [0.05, 0.1) is 23.8 Å². The van der Waals surface area contributed by atoms with Gasteiger partial charge in [-0.25, -0.2) is 0 Å². The van der Waals surface area contributed by atoms with Crippen molar-refractivity contribution < 1.29 is 14.5 Å². The lowest BCUT2D eigenvalue weighted by atomic mass is 9.89. The number of non-ortho nitro benzene ring substituents is 1. The van der Waals surface area contributed by atoms with Gasteiger partial charge in [0.25, 0.3) is 5.69 Å². The summed E-state index contributed by atoms with van der Waals surface area (Å²) in [5.74, 6) is 0.837. The normalized spacial score (nSPS) is 16.2. The Hall–Kier alpha value is -2.93. The van der Waals surface area contributed by atoms with Crippen molar-refractivity contribution in [1.29, 1.82) is 0 Å². The number of nitrogens with zero attached hydrogens (tertiary/aromatic N) is 2. The SMILES string of the molecule is COc1ccc([N+](=O)[O-])cc1NC(=O)[C@H](C)N1CCC(Cc2ccccc2)CC1. The van der Waals surface area contributed by atoms with Crippen LogP contribution in [0.1, 0.15) is 25.3 Å². The molecule has 7 nitrogen and oxygen atoms in total. The Bertz CT molecular complexity index is 848. The lowest BCUT2D eigenvalue weighted by Crippen LogP contribution is -2.46. The monoisotopic (exact) mass is 397 g/mol. The van der Waals surface area contributed by atoms with Crippen LogP contribution in [-0.4, -0.2) is 42.0 Å². The van der Waals surface area contributed by atoms with Crippen LogP contribution in [0.15, 0.2) is 48.5 Å². The number of piperidine rings is 1. The highest BCUT2D eigenvalue weighted by Crippen LogP contribution is 2.29. The lowest BCUT2D eigenvalue weighted by molar-refractivity contribution is -0.384. The number of methoxy groups -OCH3 is 1. The number of nitro benzene ring substituents is 1. The number of hydrogen-bond acceptors (Lipinski definition) is 5. The van der Waals surface area contributed by atoms with E-state index in [1.165, 1.54) is 30.9 Å². The van der Waals surface area contributed by atoms with Gasteiger partial charge in [0.15, 0.2) is 0 Å². The molecule has 2 aromatic carbocycles. The molecule has 7 heteroatoms. The molecule has 2 aromatic rings. The van der Waals surface area contributed by atoms with Crippen molar-refractivity contribution in [3.05, 3.63) is 64.2 Å². The molecule has 1 fully saturated rings. The van der Waals surface area contributed by atoms with Gasteiger partial charge in [-0.3, -0.25) is 19.8 Å². The average molecular weight is 397 g/mol. The fourth-order valence-electron chi connectivity index (χ4n) is 3.80. The first kappa shape index (κ1) is 20.8. The van der Waals surface area contributed by atoms with Crippen LogP contribution in [0, 0.1) is 16.0 Å². The van der Waals surface area contributed by atoms with Crippen LogP contribution in [0.2, 0.25) is 0 Å². The molecule has 1 saturated heterocycles. The van der Waals surface area contributed by atoms with Crippen LogP contribution in [0.3, 0.4) is 0 Å². The molecule has 0 aromatic heterocycles. The lowest BCUT2D eigenvalue weighted by Gasteiger charge is -2.35. The molecule has 154 valence electrons. The average Bonchev–Trinajstić information content (AvgIpc) is 2.74. The van der Waals surface area contributed by atoms with E-state index in [0.29, 0.717) is 17.4 Å². The number of rotatable bonds is 7. The third kappa shape index (κ3) is 5.32. The fraction of sp³-hybridized carbons (Fsp3) is 0.409. The van der Waals surface area contributed by atoms with E-state index >= 15 is 0 Å². The highest BCUT2D eigenvalue weighted by Gasteiger charge is 2.27. The van der Waals surface area contributed by atoms with Gasteiger partial charge in [0.1, 0.15) is 5.75 Å². The summed E-state index contributed by atoms with van der Waals surface area (Å²) in [5.41, 5.74) is 1.59. The third-order valence-corrected chi connectivity index (χ3v) is 5.60. The quantitative estimate of drug-likeness (QED) is 0.566. The molecule has 1 N–H and O–H groups in total. The molecule has 1 amide bonds. The summed E-state index contributed by atoms with van der Waals surface area (Å²) in [6.07, 6.45) is 3.17. The minimum absolute atomic E-state index is 0.0875. The first-order valence-corrected chi connectivity index (χ1v) is 9.89. The number of carbonyl (C=O) groups is 1. The van der Waals surface area contributed by atoms with Crippen LogP contribution < -0.4 is 10.1 Å². The molecule has 0 unspecified atom stereocenters. The van der Waals surface area contributed by atoms with Crippen molar-refractivity contribution in [2.45, 2.75) is 32.2 Å². The van der Waals surface area contributed by atoms with E-state index in [9.17, 15) is 14.9 Å². The van der Waals surface area contributed by atoms with Crippen LogP contribution >= 0.6 is 0 Å². The second-order valence-electron chi connectivity index (χ2n) is 7.48. The highest BCUT2D eigenvalue weighted by molar-refractivity contribution is 5.96. The van der Waals surface area contributed by atoms with Crippen molar-refractivity contribution in [3.8, 4) is 5.75 Å². The van der Waals surface area contributed by atoms with Crippen LogP contribution in [0.4, 0.5) is 11.4 Å². The molecule has 0 saturated carbocycles. The predicted molar refractivity (Wildman–Crippen MR) is 112 cm³/mol. The summed E-state index contributed by atoms with van der Waals surface area (Å²) >= 11 is 0. The van der Waals surface area contributed by atoms with Crippen molar-refractivity contribution in [3.63, 3.8) is 0 Å². The predicted octanol–water partition coefficient (Wildman–Crippen LogP) is 3.89. The Balaban J connectivity index is 1.57. The Kier molecular flexibility index (Phi) is 6.82. The zero-order valence-corrected chi connectivity index (χ0v) is 16.8. The third-order valence-electron chi connectivity index (χ3n) is 5.60. The summed E-state index contributed by atoms with van der Waals surface area (Å²) in [5, 5.41) is 13.8. The van der Waals surface area contributed by atoms with Gasteiger partial charge >= 0.3 is 0 Å². The first-order valence-electron chi connectivity index (χ1n) is 9.89. The number of anilines is 1. The molecule has 0 spiro atoms. The largest absolute Gasteiger partial charge is 0.495 e. The summed E-state index contributed by atoms with van der Waals surface area (Å²) in [6, 6.07) is 14.3. The smallest absolute Gasteiger partial charge is 0.271 e. The van der Waals surface area contributed by atoms with E-state index in [-0.39, 0.29) is 17.6 Å². The molecule has 3 rings (SSSR count). The number of carbonyl (C=O) groups excluding carboxylic acids is 1. The molecular weight excluding hydrogens is 370 g/mol. The van der Waals surface area contributed by atoms with Gasteiger partial charge < -0.3 is 10.1 Å². The summed E-state index contributed by atoms with van der Waals surface area (Å²) < 4.78 is 5.23. The van der Waals surface area contributed by atoms with Gasteiger partial charge in [-0.05, 0) is 56.8 Å². The zero-order valence-electron chi connectivity index (χ0n) is 16.8. The van der Waals surface area contributed by atoms with Crippen molar-refractivity contribution >= 4 is 17.3 Å².